The van der Waals surface area contributed by atoms with Crippen molar-refractivity contribution in [2.24, 2.45) is 0 Å². The van der Waals surface area contributed by atoms with Gasteiger partial charge in [0.1, 0.15) is 5.78 Å². The molecule has 8 radical (unpaired) electrons. The van der Waals surface area contributed by atoms with Gasteiger partial charge in [0.15, 0.2) is 0 Å². The first-order chi connectivity index (χ1) is 10.6. The Kier molecular flexibility index (Phi) is 34.4. The Labute approximate surface area is 154 Å². The average Bonchev–Trinajstić information content (AvgIpc) is 3.14. The number of ketones is 1. The molecule has 1 fully saturated rings. The fraction of sp³-hybridized carbons (Fsp3) is 0.294. The van der Waals surface area contributed by atoms with Crippen LogP contribution in [0.4, 0.5) is 0 Å². The zero-order chi connectivity index (χ0) is 17.8. The summed E-state index contributed by atoms with van der Waals surface area (Å²) in [7, 11) is 1.32. The number of hydrogen-bond donors (Lipinski definition) is 0. The second-order valence-corrected chi connectivity index (χ2v) is 3.78. The van der Waals surface area contributed by atoms with E-state index in [0.29, 0.717) is 18.8 Å². The van der Waals surface area contributed by atoms with Crippen LogP contribution in [-0.4, -0.2) is 18.9 Å². The van der Waals surface area contributed by atoms with Gasteiger partial charge in [-0.1, -0.05) is 0 Å². The van der Waals surface area contributed by atoms with Crippen molar-refractivity contribution in [3.63, 3.8) is 0 Å². The van der Waals surface area contributed by atoms with Gasteiger partial charge in [0, 0.05) is 6.42 Å². The molecule has 122 valence electrons. The van der Waals surface area contributed by atoms with E-state index in [0.717, 1.165) is 6.42 Å². The number of esters is 1. The van der Waals surface area contributed by atoms with Crippen LogP contribution in [0.5, 0.6) is 0 Å². The normalized spacial score (nSPS) is 11.1. The monoisotopic (exact) mass is 488 g/mol. The predicted octanol–water partition coefficient (Wildman–Crippen LogP) is 2.48. The second-order valence-electron chi connectivity index (χ2n) is 3.78. The molecule has 0 aromatic heterocycles. The third-order valence-corrected chi connectivity index (χ3v) is 2.13. The Morgan fingerprint density at radius 2 is 1.48 bits per heavy atom. The van der Waals surface area contributed by atoms with Crippen LogP contribution < -0.4 is 0 Å². The summed E-state index contributed by atoms with van der Waals surface area (Å²) in [6, 6.07) is 0. The molecule has 1 saturated carbocycles. The van der Waals surface area contributed by atoms with Gasteiger partial charge in [-0.05, 0) is 65.2 Å². The number of carbonyl (C=O) groups is 2. The van der Waals surface area contributed by atoms with E-state index >= 15 is 0 Å². The Morgan fingerprint density at radius 3 is 1.78 bits per heavy atom. The SMILES string of the molecule is [C-]#[O+].[C-]#[O+].[CH2][C]([CH]CCCC(C)=O)C(=O)OC.[CH]1[CH][CH][CH][CH]1.[W+2]. The van der Waals surface area contributed by atoms with Gasteiger partial charge in [-0.3, -0.25) is 4.79 Å². The summed E-state index contributed by atoms with van der Waals surface area (Å²) in [6.45, 7) is 14.1. The van der Waals surface area contributed by atoms with Crippen molar-refractivity contribution >= 4 is 11.8 Å². The molecule has 0 N–H and O–H groups in total. The van der Waals surface area contributed by atoms with E-state index < -0.39 is 5.97 Å². The van der Waals surface area contributed by atoms with Gasteiger partial charge in [0.2, 0.25) is 0 Å². The minimum atomic E-state index is -0.414. The number of hydrogen-bond acceptors (Lipinski definition) is 3. The molecule has 0 aliphatic heterocycles. The minimum absolute atomic E-state index is 0. The van der Waals surface area contributed by atoms with Gasteiger partial charge in [0.05, 0.1) is 13.0 Å². The maximum Gasteiger partial charge on any atom is 2.00 e. The zero-order valence-corrected chi connectivity index (χ0v) is 16.2. The van der Waals surface area contributed by atoms with E-state index in [1.807, 2.05) is 32.1 Å². The quantitative estimate of drug-likeness (QED) is 0.249. The van der Waals surface area contributed by atoms with Crippen LogP contribution in [-0.2, 0) is 44.7 Å². The van der Waals surface area contributed by atoms with Crippen molar-refractivity contribution in [2.75, 3.05) is 7.11 Å². The Balaban J connectivity index is -0.000000149. The van der Waals surface area contributed by atoms with E-state index in [9.17, 15) is 9.59 Å². The van der Waals surface area contributed by atoms with Gasteiger partial charge in [-0.2, -0.15) is 0 Å². The smallest absolute Gasteiger partial charge is 0.469 e. The molecule has 5 nitrogen and oxygen atoms in total. The van der Waals surface area contributed by atoms with E-state index in [1.54, 1.807) is 13.3 Å². The molecule has 1 aliphatic carbocycles. The Morgan fingerprint density at radius 1 is 1.09 bits per heavy atom. The molecule has 0 bridgehead atoms. The first-order valence-electron chi connectivity index (χ1n) is 6.25. The molecule has 0 amide bonds. The Hall–Kier alpha value is -0.692. The minimum Gasteiger partial charge on any atom is -0.469 e. The van der Waals surface area contributed by atoms with Crippen molar-refractivity contribution in [2.45, 2.75) is 26.2 Å². The topological polar surface area (TPSA) is 83.2 Å². The number of carbonyl (C=O) groups excluding carboxylic acids is 2. The fourth-order valence-corrected chi connectivity index (χ4v) is 1.16. The molecule has 0 aromatic rings. The summed E-state index contributed by atoms with van der Waals surface area (Å²) in [5.41, 5.74) is 0. The summed E-state index contributed by atoms with van der Waals surface area (Å²) in [6.07, 6.45) is 13.7. The molecular formula is C17H20O5W+2. The number of unbranched alkanes of at least 4 members (excludes halogenated alkanes) is 1. The van der Waals surface area contributed by atoms with Crippen molar-refractivity contribution in [1.29, 1.82) is 0 Å². The molecular weight excluding hydrogens is 468 g/mol. The van der Waals surface area contributed by atoms with Crippen LogP contribution in [0.3, 0.4) is 0 Å². The van der Waals surface area contributed by atoms with Crippen LogP contribution in [0.25, 0.3) is 0 Å². The molecule has 1 aliphatic rings. The molecule has 0 spiro atoms. The third-order valence-electron chi connectivity index (χ3n) is 2.13. The van der Waals surface area contributed by atoms with Crippen molar-refractivity contribution in [1.82, 2.24) is 0 Å². The maximum absolute atomic E-state index is 10.8. The first-order valence-corrected chi connectivity index (χ1v) is 6.25. The van der Waals surface area contributed by atoms with Gasteiger partial charge in [-0.25, -0.2) is 0 Å². The van der Waals surface area contributed by atoms with Crippen LogP contribution in [0, 0.1) is 64.7 Å². The molecule has 6 heteroatoms. The first kappa shape index (κ1) is 30.2. The van der Waals surface area contributed by atoms with Crippen molar-refractivity contribution in [3.8, 4) is 0 Å². The summed E-state index contributed by atoms with van der Waals surface area (Å²) < 4.78 is 19.5. The van der Waals surface area contributed by atoms with Gasteiger partial charge >= 0.3 is 49.6 Å². The summed E-state index contributed by atoms with van der Waals surface area (Å²) in [5.74, 6) is 0.103. The summed E-state index contributed by atoms with van der Waals surface area (Å²) in [5, 5.41) is 0. The van der Waals surface area contributed by atoms with Crippen LogP contribution in [0.15, 0.2) is 0 Å². The van der Waals surface area contributed by atoms with Crippen molar-refractivity contribution in [3.05, 3.63) is 64.7 Å². The number of methoxy groups -OCH3 is 1. The molecule has 0 heterocycles. The number of rotatable bonds is 6. The van der Waals surface area contributed by atoms with Crippen molar-refractivity contribution < 1.29 is 44.7 Å². The van der Waals surface area contributed by atoms with Crippen LogP contribution >= 0.6 is 0 Å². The Bertz CT molecular complexity index is 295. The van der Waals surface area contributed by atoms with E-state index in [2.05, 4.69) is 25.0 Å². The molecule has 0 unspecified atom stereocenters. The second kappa shape index (κ2) is 26.2. The van der Waals surface area contributed by atoms with Gasteiger partial charge in [0.25, 0.3) is 0 Å². The van der Waals surface area contributed by atoms with Crippen LogP contribution in [0.1, 0.15) is 26.2 Å². The number of ether oxygens (including phenoxy) is 1. The molecule has 1 rings (SSSR count). The van der Waals surface area contributed by atoms with Crippen LogP contribution in [0.2, 0.25) is 0 Å². The van der Waals surface area contributed by atoms with E-state index in [-0.39, 0.29) is 26.8 Å². The molecule has 0 aromatic carbocycles. The molecule has 23 heavy (non-hydrogen) atoms. The summed E-state index contributed by atoms with van der Waals surface area (Å²) in [4.78, 5) is 21.4. The van der Waals surface area contributed by atoms with E-state index in [4.69, 9.17) is 9.30 Å². The van der Waals surface area contributed by atoms with E-state index in [1.165, 1.54) is 7.11 Å². The van der Waals surface area contributed by atoms with Gasteiger partial charge in [-0.15, -0.1) is 0 Å². The average molecular weight is 488 g/mol. The fourth-order valence-electron chi connectivity index (χ4n) is 1.16. The standard InChI is InChI=1S/C10H15O3.C5H5.2CO.W/c1-8(10(12)13-3)6-4-5-7-9(2)11;1-2-4-5-3-1;2*1-2;/h6H,1,4-5,7H2,2-3H3;1-5H;;;/q;;;;+2. The predicted molar refractivity (Wildman–Crippen MR) is 78.8 cm³/mol. The maximum atomic E-state index is 10.8. The third kappa shape index (κ3) is 26.5. The zero-order valence-electron chi connectivity index (χ0n) is 13.2. The molecule has 0 saturated heterocycles. The number of Topliss-reactive ketones (excluding diaryl/α,β-unsaturated/α-hetero) is 1. The summed E-state index contributed by atoms with van der Waals surface area (Å²) >= 11 is 0. The largest absolute Gasteiger partial charge is 2.00 e. The van der Waals surface area contributed by atoms with Gasteiger partial charge < -0.3 is 9.53 Å². The molecule has 0 atom stereocenters.